The third kappa shape index (κ3) is 1.82. The van der Waals surface area contributed by atoms with E-state index < -0.39 is 9.05 Å². The van der Waals surface area contributed by atoms with Crippen molar-refractivity contribution in [3.63, 3.8) is 0 Å². The standard InChI is InChI=1S/C8H6Cl2N2O2S/c9-3-5-1-2-6(15(10,13)14)8-7(5)11-4-12-8/h1-2,4H,3H2,(H,11,12). The van der Waals surface area contributed by atoms with Gasteiger partial charge in [-0.1, -0.05) is 6.07 Å². The molecule has 1 heterocycles. The second-order valence-corrected chi connectivity index (χ2v) is 5.72. The van der Waals surface area contributed by atoms with Gasteiger partial charge < -0.3 is 4.98 Å². The summed E-state index contributed by atoms with van der Waals surface area (Å²) in [4.78, 5) is 6.76. The van der Waals surface area contributed by atoms with Crippen molar-refractivity contribution in [2.75, 3.05) is 0 Å². The van der Waals surface area contributed by atoms with Gasteiger partial charge in [-0.25, -0.2) is 13.4 Å². The fourth-order valence-corrected chi connectivity index (χ4v) is 2.61. The van der Waals surface area contributed by atoms with Gasteiger partial charge in [-0.15, -0.1) is 11.6 Å². The lowest BCUT2D eigenvalue weighted by Crippen LogP contribution is -1.94. The third-order valence-electron chi connectivity index (χ3n) is 2.03. The molecule has 0 bridgehead atoms. The molecule has 7 heteroatoms. The minimum atomic E-state index is -3.77. The van der Waals surface area contributed by atoms with E-state index >= 15 is 0 Å². The number of H-pyrrole nitrogens is 1. The monoisotopic (exact) mass is 264 g/mol. The number of halogens is 2. The zero-order valence-electron chi connectivity index (χ0n) is 7.37. The van der Waals surface area contributed by atoms with Crippen LogP contribution in [0, 0.1) is 0 Å². The zero-order chi connectivity index (χ0) is 11.1. The van der Waals surface area contributed by atoms with Crippen LogP contribution in [-0.4, -0.2) is 18.4 Å². The van der Waals surface area contributed by atoms with E-state index in [0.717, 1.165) is 5.56 Å². The van der Waals surface area contributed by atoms with Crippen LogP contribution in [0.1, 0.15) is 5.56 Å². The number of alkyl halides is 1. The summed E-state index contributed by atoms with van der Waals surface area (Å²) in [6, 6.07) is 3.02. The summed E-state index contributed by atoms with van der Waals surface area (Å²) in [5.41, 5.74) is 1.69. The van der Waals surface area contributed by atoms with Gasteiger partial charge in [0, 0.05) is 16.6 Å². The molecule has 0 aliphatic carbocycles. The maximum absolute atomic E-state index is 11.2. The molecule has 0 fully saturated rings. The van der Waals surface area contributed by atoms with Gasteiger partial charge in [-0.05, 0) is 11.6 Å². The van der Waals surface area contributed by atoms with Gasteiger partial charge in [0.15, 0.2) is 0 Å². The number of nitrogens with one attached hydrogen (secondary N) is 1. The van der Waals surface area contributed by atoms with Crippen LogP contribution in [0.25, 0.3) is 11.0 Å². The molecule has 0 amide bonds. The Hall–Kier alpha value is -0.780. The van der Waals surface area contributed by atoms with Crippen molar-refractivity contribution in [1.29, 1.82) is 0 Å². The highest BCUT2D eigenvalue weighted by Gasteiger charge is 2.17. The molecule has 15 heavy (non-hydrogen) atoms. The Morgan fingerprint density at radius 3 is 2.73 bits per heavy atom. The fourth-order valence-electron chi connectivity index (χ4n) is 1.38. The minimum Gasteiger partial charge on any atom is -0.343 e. The number of hydrogen-bond acceptors (Lipinski definition) is 3. The maximum Gasteiger partial charge on any atom is 0.263 e. The summed E-state index contributed by atoms with van der Waals surface area (Å²) in [5, 5.41) is 0. The lowest BCUT2D eigenvalue weighted by atomic mass is 10.2. The number of benzene rings is 1. The molecule has 0 saturated carbocycles. The first-order valence-corrected chi connectivity index (χ1v) is 6.84. The quantitative estimate of drug-likeness (QED) is 0.669. The van der Waals surface area contributed by atoms with Gasteiger partial charge in [0.05, 0.1) is 17.4 Å². The second-order valence-electron chi connectivity index (χ2n) is 2.92. The van der Waals surface area contributed by atoms with E-state index in [2.05, 4.69) is 9.97 Å². The highest BCUT2D eigenvalue weighted by atomic mass is 35.7. The van der Waals surface area contributed by atoms with Crippen LogP contribution in [0.3, 0.4) is 0 Å². The van der Waals surface area contributed by atoms with Gasteiger partial charge in [0.25, 0.3) is 9.05 Å². The first-order valence-electron chi connectivity index (χ1n) is 3.99. The first kappa shape index (κ1) is 10.7. The molecular formula is C8H6Cl2N2O2S. The summed E-state index contributed by atoms with van der Waals surface area (Å²) in [6.07, 6.45) is 1.41. The van der Waals surface area contributed by atoms with E-state index in [1.54, 1.807) is 6.07 Å². The number of nitrogens with zero attached hydrogens (tertiary/aromatic N) is 1. The Labute approximate surface area is 95.6 Å². The summed E-state index contributed by atoms with van der Waals surface area (Å²) in [5.74, 6) is 0.268. The van der Waals surface area contributed by atoms with Crippen LogP contribution in [0.15, 0.2) is 23.4 Å². The van der Waals surface area contributed by atoms with Gasteiger partial charge in [-0.2, -0.15) is 0 Å². The van der Waals surface area contributed by atoms with Crippen LogP contribution >= 0.6 is 22.3 Å². The lowest BCUT2D eigenvalue weighted by molar-refractivity contribution is 0.610. The normalized spacial score (nSPS) is 12.1. The molecule has 0 unspecified atom stereocenters. The van der Waals surface area contributed by atoms with Crippen molar-refractivity contribution in [2.24, 2.45) is 0 Å². The van der Waals surface area contributed by atoms with Crippen LogP contribution in [0.5, 0.6) is 0 Å². The predicted molar refractivity (Wildman–Crippen MR) is 58.7 cm³/mol. The number of fused-ring (bicyclic) bond motifs is 1. The fraction of sp³-hybridized carbons (Fsp3) is 0.125. The molecule has 0 saturated heterocycles. The van der Waals surface area contributed by atoms with Crippen LogP contribution in [0.2, 0.25) is 0 Å². The molecule has 0 radical (unpaired) electrons. The average molecular weight is 265 g/mol. The van der Waals surface area contributed by atoms with E-state index in [1.807, 2.05) is 0 Å². The Kier molecular flexibility index (Phi) is 2.62. The summed E-state index contributed by atoms with van der Waals surface area (Å²) in [6.45, 7) is 0. The Morgan fingerprint density at radius 1 is 1.40 bits per heavy atom. The topological polar surface area (TPSA) is 62.8 Å². The Bertz CT molecular complexity index is 606. The summed E-state index contributed by atoms with van der Waals surface area (Å²) >= 11 is 5.69. The van der Waals surface area contributed by atoms with E-state index in [9.17, 15) is 8.42 Å². The van der Waals surface area contributed by atoms with E-state index in [-0.39, 0.29) is 10.8 Å². The Balaban J connectivity index is 2.86. The second kappa shape index (κ2) is 3.66. The number of hydrogen-bond donors (Lipinski definition) is 1. The van der Waals surface area contributed by atoms with Gasteiger partial charge >= 0.3 is 0 Å². The number of aromatic nitrogens is 2. The van der Waals surface area contributed by atoms with Crippen molar-refractivity contribution >= 4 is 42.4 Å². The van der Waals surface area contributed by atoms with E-state index in [4.69, 9.17) is 22.3 Å². The van der Waals surface area contributed by atoms with Crippen LogP contribution in [-0.2, 0) is 14.9 Å². The van der Waals surface area contributed by atoms with Crippen molar-refractivity contribution in [3.05, 3.63) is 24.0 Å². The minimum absolute atomic E-state index is 0.0190. The molecule has 80 valence electrons. The molecule has 1 aromatic heterocycles. The Morgan fingerprint density at radius 2 is 2.13 bits per heavy atom. The number of rotatable bonds is 2. The maximum atomic E-state index is 11.2. The summed E-state index contributed by atoms with van der Waals surface area (Å²) in [7, 11) is 1.52. The lowest BCUT2D eigenvalue weighted by Gasteiger charge is -2.01. The van der Waals surface area contributed by atoms with E-state index in [0.29, 0.717) is 11.0 Å². The molecule has 0 aliphatic rings. The SMILES string of the molecule is O=S(=O)(Cl)c1ccc(CCl)c2nc[nH]c12. The van der Waals surface area contributed by atoms with Crippen molar-refractivity contribution in [2.45, 2.75) is 10.8 Å². The average Bonchev–Trinajstić information content (AvgIpc) is 2.62. The number of imidazole rings is 1. The van der Waals surface area contributed by atoms with Gasteiger partial charge in [0.2, 0.25) is 0 Å². The molecule has 0 spiro atoms. The number of aromatic amines is 1. The largest absolute Gasteiger partial charge is 0.343 e. The highest BCUT2D eigenvalue weighted by Crippen LogP contribution is 2.26. The molecule has 1 N–H and O–H groups in total. The molecule has 0 aliphatic heterocycles. The smallest absolute Gasteiger partial charge is 0.263 e. The predicted octanol–water partition coefficient (Wildman–Crippen LogP) is 2.23. The molecule has 2 rings (SSSR count). The highest BCUT2D eigenvalue weighted by molar-refractivity contribution is 8.14. The van der Waals surface area contributed by atoms with Crippen LogP contribution in [0.4, 0.5) is 0 Å². The van der Waals surface area contributed by atoms with E-state index in [1.165, 1.54) is 12.4 Å². The van der Waals surface area contributed by atoms with Crippen molar-refractivity contribution < 1.29 is 8.42 Å². The van der Waals surface area contributed by atoms with Gasteiger partial charge in [-0.3, -0.25) is 0 Å². The zero-order valence-corrected chi connectivity index (χ0v) is 9.70. The molecule has 2 aromatic rings. The van der Waals surface area contributed by atoms with Crippen molar-refractivity contribution in [3.8, 4) is 0 Å². The molecular weight excluding hydrogens is 259 g/mol. The third-order valence-corrected chi connectivity index (χ3v) is 3.68. The first-order chi connectivity index (χ1) is 7.04. The summed E-state index contributed by atoms with van der Waals surface area (Å²) < 4.78 is 22.5. The molecule has 1 aromatic carbocycles. The molecule has 4 nitrogen and oxygen atoms in total. The van der Waals surface area contributed by atoms with Crippen molar-refractivity contribution in [1.82, 2.24) is 9.97 Å². The van der Waals surface area contributed by atoms with Gasteiger partial charge in [0.1, 0.15) is 4.90 Å². The van der Waals surface area contributed by atoms with Crippen LogP contribution < -0.4 is 0 Å². The molecule has 0 atom stereocenters.